The van der Waals surface area contributed by atoms with Gasteiger partial charge >= 0.3 is 0 Å². The van der Waals surface area contributed by atoms with Crippen LogP contribution in [0.5, 0.6) is 0 Å². The maximum Gasteiger partial charge on any atom is 0.129 e. The van der Waals surface area contributed by atoms with Gasteiger partial charge in [-0.15, -0.1) is 22.7 Å². The number of aromatic nitrogens is 4. The van der Waals surface area contributed by atoms with Crippen LogP contribution in [0.25, 0.3) is 117 Å². The van der Waals surface area contributed by atoms with Crippen LogP contribution in [0.3, 0.4) is 0 Å². The molecule has 0 aliphatic carbocycles. The number of benzene rings is 8. The molecule has 8 aromatic carbocycles. The summed E-state index contributed by atoms with van der Waals surface area (Å²) in [6.07, 6.45) is 0. The topological polar surface area (TPSA) is 35.6 Å². The molecule has 0 saturated heterocycles. The average Bonchev–Trinajstić information content (AvgIpc) is 4.07. The van der Waals surface area contributed by atoms with Gasteiger partial charge in [0.25, 0.3) is 0 Å². The first kappa shape index (κ1) is 30.0. The van der Waals surface area contributed by atoms with E-state index in [9.17, 15) is 0 Å². The van der Waals surface area contributed by atoms with Crippen molar-refractivity contribution in [2.45, 2.75) is 0 Å². The summed E-state index contributed by atoms with van der Waals surface area (Å²) in [5.74, 6) is 0. The minimum atomic E-state index is 0.916. The van der Waals surface area contributed by atoms with E-state index in [0.29, 0.717) is 0 Å². The third kappa shape index (κ3) is 4.04. The molecular weight excluding hydrogens is 729 g/mol. The molecule has 7 heteroatoms. The molecular formula is C48H26N4S3. The van der Waals surface area contributed by atoms with Crippen molar-refractivity contribution in [3.63, 3.8) is 0 Å². The van der Waals surface area contributed by atoms with Gasteiger partial charge in [-0.3, -0.25) is 0 Å². The van der Waals surface area contributed by atoms with Gasteiger partial charge in [-0.1, -0.05) is 97.1 Å². The second-order valence-electron chi connectivity index (χ2n) is 14.2. The molecule has 0 bridgehead atoms. The van der Waals surface area contributed by atoms with Gasteiger partial charge in [0.05, 0.1) is 44.2 Å². The lowest BCUT2D eigenvalue weighted by Crippen LogP contribution is -1.97. The Hall–Kier alpha value is -6.38. The maximum absolute atomic E-state index is 4.96. The molecule has 0 aliphatic rings. The Morgan fingerprint density at radius 3 is 1.91 bits per heavy atom. The summed E-state index contributed by atoms with van der Waals surface area (Å²) in [5.41, 5.74) is 11.1. The van der Waals surface area contributed by atoms with Crippen molar-refractivity contribution >= 4 is 129 Å². The van der Waals surface area contributed by atoms with E-state index >= 15 is 0 Å². The van der Waals surface area contributed by atoms with Crippen LogP contribution in [0.1, 0.15) is 0 Å². The highest BCUT2D eigenvalue weighted by atomic mass is 32.1. The molecule has 13 rings (SSSR count). The zero-order valence-electron chi connectivity index (χ0n) is 29.0. The lowest BCUT2D eigenvalue weighted by atomic mass is 10.0. The van der Waals surface area contributed by atoms with E-state index in [1.165, 1.54) is 95.7 Å². The fourth-order valence-corrected chi connectivity index (χ4v) is 12.0. The van der Waals surface area contributed by atoms with Gasteiger partial charge in [0.2, 0.25) is 0 Å². The molecule has 5 aromatic heterocycles. The summed E-state index contributed by atoms with van der Waals surface area (Å²) in [6.45, 7) is 0. The highest BCUT2D eigenvalue weighted by Crippen LogP contribution is 2.46. The fourth-order valence-electron chi connectivity index (χ4n) is 9.09. The second-order valence-corrected chi connectivity index (χ2v) is 16.9. The quantitative estimate of drug-likeness (QED) is 0.180. The Kier molecular flexibility index (Phi) is 6.05. The van der Waals surface area contributed by atoms with Gasteiger partial charge in [0.1, 0.15) is 11.0 Å². The van der Waals surface area contributed by atoms with Gasteiger partial charge in [-0.05, 0) is 66.2 Å². The summed E-state index contributed by atoms with van der Waals surface area (Å²) in [4.78, 5) is 0. The number of fused-ring (bicyclic) bond motifs is 15. The van der Waals surface area contributed by atoms with Gasteiger partial charge in [0, 0.05) is 68.4 Å². The van der Waals surface area contributed by atoms with Crippen molar-refractivity contribution in [2.24, 2.45) is 0 Å². The van der Waals surface area contributed by atoms with Gasteiger partial charge in [-0.2, -0.15) is 8.75 Å². The van der Waals surface area contributed by atoms with Crippen molar-refractivity contribution in [1.82, 2.24) is 17.9 Å². The molecule has 0 N–H and O–H groups in total. The molecule has 5 heterocycles. The van der Waals surface area contributed by atoms with Crippen molar-refractivity contribution in [2.75, 3.05) is 0 Å². The largest absolute Gasteiger partial charge is 0.308 e. The Morgan fingerprint density at radius 2 is 1.07 bits per heavy atom. The number of thiophene rings is 2. The SMILES string of the molecule is c1ccc2c(c1)sc1c2ccc2c3ccccc3n(-c3ccc(-c4ccc(-n5c6ccccc6c6c7c(ccc65)sc5ccccc57)c5nsnc45)cc3)c21. The maximum atomic E-state index is 4.96. The third-order valence-electron chi connectivity index (χ3n) is 11.4. The second kappa shape index (κ2) is 11.1. The van der Waals surface area contributed by atoms with E-state index in [1.807, 2.05) is 22.7 Å². The zero-order valence-corrected chi connectivity index (χ0v) is 31.5. The summed E-state index contributed by atoms with van der Waals surface area (Å²) in [6, 6.07) is 57.7. The molecule has 55 heavy (non-hydrogen) atoms. The minimum absolute atomic E-state index is 0.916. The predicted octanol–water partition coefficient (Wildman–Crippen LogP) is 14.3. The molecule has 0 atom stereocenters. The Morgan fingerprint density at radius 1 is 0.400 bits per heavy atom. The highest BCUT2D eigenvalue weighted by Gasteiger charge is 2.22. The minimum Gasteiger partial charge on any atom is -0.308 e. The lowest BCUT2D eigenvalue weighted by molar-refractivity contribution is 1.19. The first-order valence-electron chi connectivity index (χ1n) is 18.3. The van der Waals surface area contributed by atoms with Crippen molar-refractivity contribution < 1.29 is 0 Å². The number of hydrogen-bond acceptors (Lipinski definition) is 5. The zero-order chi connectivity index (χ0) is 35.8. The van der Waals surface area contributed by atoms with E-state index in [4.69, 9.17) is 8.75 Å². The van der Waals surface area contributed by atoms with Crippen LogP contribution in [0.15, 0.2) is 158 Å². The normalized spacial score (nSPS) is 12.4. The molecule has 0 unspecified atom stereocenters. The number of nitrogens with zero attached hydrogens (tertiary/aromatic N) is 4. The number of para-hydroxylation sites is 2. The predicted molar refractivity (Wildman–Crippen MR) is 237 cm³/mol. The summed E-state index contributed by atoms with van der Waals surface area (Å²) >= 11 is 5.03. The van der Waals surface area contributed by atoms with E-state index in [-0.39, 0.29) is 0 Å². The third-order valence-corrected chi connectivity index (χ3v) is 14.3. The van der Waals surface area contributed by atoms with E-state index < -0.39 is 0 Å². The molecule has 0 aliphatic heterocycles. The lowest BCUT2D eigenvalue weighted by Gasteiger charge is -2.12. The standard InChI is InChI=1S/C48H26N4S3/c1-5-13-36-30(9-1)32-21-22-33-31-10-3-7-15-40(31)54-48(33)47(32)51(36)28-19-17-27(18-20-28)29-23-24-39(46-45(29)49-55-50-46)52-37-14-6-2-11-34(37)43-38(52)25-26-42-44(43)35-12-4-8-16-41(35)53-42/h1-26H. The highest BCUT2D eigenvalue weighted by molar-refractivity contribution is 7.27. The van der Waals surface area contributed by atoms with Crippen LogP contribution in [0.2, 0.25) is 0 Å². The molecule has 0 saturated carbocycles. The summed E-state index contributed by atoms with van der Waals surface area (Å²) in [5, 5.41) is 10.4. The fraction of sp³-hybridized carbons (Fsp3) is 0. The van der Waals surface area contributed by atoms with E-state index in [2.05, 4.69) is 167 Å². The molecule has 13 aromatic rings. The molecule has 0 spiro atoms. The first-order chi connectivity index (χ1) is 27.3. The van der Waals surface area contributed by atoms with Gasteiger partial charge in [-0.25, -0.2) is 0 Å². The average molecular weight is 755 g/mol. The number of rotatable bonds is 3. The molecule has 0 amide bonds. The van der Waals surface area contributed by atoms with E-state index in [1.54, 1.807) is 0 Å². The van der Waals surface area contributed by atoms with Crippen molar-refractivity contribution in [1.29, 1.82) is 0 Å². The Labute approximate surface area is 325 Å². The first-order valence-corrected chi connectivity index (χ1v) is 20.7. The molecule has 4 nitrogen and oxygen atoms in total. The van der Waals surface area contributed by atoms with Crippen LogP contribution in [0.4, 0.5) is 0 Å². The van der Waals surface area contributed by atoms with Crippen LogP contribution in [-0.4, -0.2) is 17.9 Å². The summed E-state index contributed by atoms with van der Waals surface area (Å²) < 4.78 is 20.0. The van der Waals surface area contributed by atoms with Crippen LogP contribution >= 0.6 is 34.4 Å². The van der Waals surface area contributed by atoms with Crippen LogP contribution in [0, 0.1) is 0 Å². The van der Waals surface area contributed by atoms with Crippen molar-refractivity contribution in [3.05, 3.63) is 158 Å². The summed E-state index contributed by atoms with van der Waals surface area (Å²) in [7, 11) is 0. The Bertz CT molecular complexity index is 3730. The van der Waals surface area contributed by atoms with Crippen LogP contribution < -0.4 is 0 Å². The van der Waals surface area contributed by atoms with Crippen LogP contribution in [-0.2, 0) is 0 Å². The van der Waals surface area contributed by atoms with Gasteiger partial charge in [0.15, 0.2) is 0 Å². The molecule has 256 valence electrons. The monoisotopic (exact) mass is 754 g/mol. The smallest absolute Gasteiger partial charge is 0.129 e. The van der Waals surface area contributed by atoms with E-state index in [0.717, 1.165) is 33.5 Å². The Balaban J connectivity index is 0.993. The van der Waals surface area contributed by atoms with Gasteiger partial charge < -0.3 is 9.13 Å². The molecule has 0 radical (unpaired) electrons. The van der Waals surface area contributed by atoms with Crippen molar-refractivity contribution in [3.8, 4) is 22.5 Å². The molecule has 0 fully saturated rings. The number of hydrogen-bond donors (Lipinski definition) is 0.